The Bertz CT molecular complexity index is 885. The second-order valence-electron chi connectivity index (χ2n) is 7.19. The largest absolute Gasteiger partial charge is 0.494 e. The summed E-state index contributed by atoms with van der Waals surface area (Å²) in [5.41, 5.74) is 4.76. The molecule has 0 radical (unpaired) electrons. The molecule has 1 amide bonds. The SMILES string of the molecule is CC(=O)c1ccc(OCCCC2CCCN2NC(=O)c2ccc(C#N)cc2)cc1. The smallest absolute Gasteiger partial charge is 0.265 e. The highest BCUT2D eigenvalue weighted by atomic mass is 16.5. The van der Waals surface area contributed by atoms with E-state index in [4.69, 9.17) is 10.00 Å². The molecule has 1 saturated heterocycles. The third-order valence-corrected chi connectivity index (χ3v) is 5.11. The summed E-state index contributed by atoms with van der Waals surface area (Å²) in [7, 11) is 0. The van der Waals surface area contributed by atoms with Crippen LogP contribution in [0.4, 0.5) is 0 Å². The zero-order valence-electron chi connectivity index (χ0n) is 16.6. The lowest BCUT2D eigenvalue weighted by Gasteiger charge is -2.25. The molecule has 0 saturated carbocycles. The molecule has 29 heavy (non-hydrogen) atoms. The minimum Gasteiger partial charge on any atom is -0.494 e. The predicted molar refractivity (Wildman–Crippen MR) is 110 cm³/mol. The van der Waals surface area contributed by atoms with Crippen LogP contribution in [0.2, 0.25) is 0 Å². The van der Waals surface area contributed by atoms with E-state index in [1.807, 2.05) is 17.1 Å². The topological polar surface area (TPSA) is 82.4 Å². The number of Topliss-reactive ketones (excluding diaryl/α,β-unsaturated/α-hetero) is 1. The number of nitrogens with one attached hydrogen (secondary N) is 1. The second-order valence-corrected chi connectivity index (χ2v) is 7.19. The second kappa shape index (κ2) is 9.85. The molecule has 1 aliphatic rings. The number of nitriles is 1. The van der Waals surface area contributed by atoms with Gasteiger partial charge in [0.15, 0.2) is 5.78 Å². The van der Waals surface area contributed by atoms with E-state index in [0.717, 1.165) is 38.0 Å². The minimum absolute atomic E-state index is 0.0425. The molecule has 0 aromatic heterocycles. The van der Waals surface area contributed by atoms with Gasteiger partial charge in [0.05, 0.1) is 18.2 Å². The monoisotopic (exact) mass is 391 g/mol. The summed E-state index contributed by atoms with van der Waals surface area (Å²) < 4.78 is 5.76. The normalized spacial score (nSPS) is 16.2. The van der Waals surface area contributed by atoms with E-state index in [9.17, 15) is 9.59 Å². The molecular weight excluding hydrogens is 366 g/mol. The molecule has 2 aromatic rings. The highest BCUT2D eigenvalue weighted by Gasteiger charge is 2.25. The summed E-state index contributed by atoms with van der Waals surface area (Å²) in [4.78, 5) is 23.8. The molecule has 1 fully saturated rings. The molecule has 0 bridgehead atoms. The van der Waals surface area contributed by atoms with E-state index < -0.39 is 0 Å². The van der Waals surface area contributed by atoms with Gasteiger partial charge in [0, 0.05) is 23.7 Å². The Balaban J connectivity index is 1.43. The van der Waals surface area contributed by atoms with Crippen molar-refractivity contribution in [3.63, 3.8) is 0 Å². The molecule has 6 heteroatoms. The highest BCUT2D eigenvalue weighted by molar-refractivity contribution is 5.94. The van der Waals surface area contributed by atoms with Crippen molar-refractivity contribution in [1.82, 2.24) is 10.4 Å². The number of amides is 1. The molecule has 0 spiro atoms. The van der Waals surface area contributed by atoms with Crippen LogP contribution in [0.15, 0.2) is 48.5 Å². The number of benzene rings is 2. The van der Waals surface area contributed by atoms with E-state index >= 15 is 0 Å². The third kappa shape index (κ3) is 5.66. The van der Waals surface area contributed by atoms with Gasteiger partial charge in [-0.3, -0.25) is 15.0 Å². The summed E-state index contributed by atoms with van der Waals surface area (Å²) >= 11 is 0. The van der Waals surface area contributed by atoms with Gasteiger partial charge in [-0.1, -0.05) is 0 Å². The standard InChI is InChI=1S/C23H25N3O3/c1-17(27)19-10-12-22(13-11-19)29-15-3-5-21-4-2-14-26(21)25-23(28)20-8-6-18(16-24)7-9-20/h6-13,21H,2-5,14-15H2,1H3,(H,25,28). The van der Waals surface area contributed by atoms with Crippen LogP contribution in [0.3, 0.4) is 0 Å². The van der Waals surface area contributed by atoms with Gasteiger partial charge >= 0.3 is 0 Å². The molecule has 6 nitrogen and oxygen atoms in total. The molecule has 1 heterocycles. The van der Waals surface area contributed by atoms with Crippen LogP contribution in [-0.4, -0.2) is 35.9 Å². The van der Waals surface area contributed by atoms with Crippen molar-refractivity contribution in [3.8, 4) is 11.8 Å². The van der Waals surface area contributed by atoms with Gasteiger partial charge in [-0.05, 0) is 81.1 Å². The predicted octanol–water partition coefficient (Wildman–Crippen LogP) is 3.73. The number of nitrogens with zero attached hydrogens (tertiary/aromatic N) is 2. The Morgan fingerprint density at radius 2 is 1.83 bits per heavy atom. The van der Waals surface area contributed by atoms with Crippen molar-refractivity contribution in [1.29, 1.82) is 5.26 Å². The van der Waals surface area contributed by atoms with Crippen molar-refractivity contribution in [3.05, 3.63) is 65.2 Å². The first-order valence-corrected chi connectivity index (χ1v) is 9.88. The molecule has 150 valence electrons. The van der Waals surface area contributed by atoms with Crippen LogP contribution in [0, 0.1) is 11.3 Å². The molecule has 3 rings (SSSR count). The van der Waals surface area contributed by atoms with Crippen molar-refractivity contribution >= 4 is 11.7 Å². The van der Waals surface area contributed by atoms with Crippen LogP contribution in [0.5, 0.6) is 5.75 Å². The maximum atomic E-state index is 12.5. The molecule has 0 aliphatic carbocycles. The zero-order valence-corrected chi connectivity index (χ0v) is 16.6. The lowest BCUT2D eigenvalue weighted by Crippen LogP contribution is -2.45. The molecule has 2 aromatic carbocycles. The Kier molecular flexibility index (Phi) is 6.99. The number of hydrazine groups is 1. The fraction of sp³-hybridized carbons (Fsp3) is 0.348. The number of carbonyl (C=O) groups is 2. The average molecular weight is 391 g/mol. The summed E-state index contributed by atoms with van der Waals surface area (Å²) in [5.74, 6) is 0.650. The third-order valence-electron chi connectivity index (χ3n) is 5.11. The minimum atomic E-state index is -0.150. The molecule has 1 atom stereocenters. The maximum Gasteiger partial charge on any atom is 0.265 e. The molecular formula is C23H25N3O3. The first kappa shape index (κ1) is 20.6. The van der Waals surface area contributed by atoms with Crippen LogP contribution in [0.1, 0.15) is 58.9 Å². The summed E-state index contributed by atoms with van der Waals surface area (Å²) in [6.07, 6.45) is 3.90. The lowest BCUT2D eigenvalue weighted by molar-refractivity contribution is 0.0751. The highest BCUT2D eigenvalue weighted by Crippen LogP contribution is 2.20. The van der Waals surface area contributed by atoms with Crippen LogP contribution >= 0.6 is 0 Å². The van der Waals surface area contributed by atoms with E-state index in [-0.39, 0.29) is 11.7 Å². The summed E-state index contributed by atoms with van der Waals surface area (Å²) in [6.45, 7) is 2.97. The van der Waals surface area contributed by atoms with E-state index in [0.29, 0.717) is 29.3 Å². The van der Waals surface area contributed by atoms with Crippen LogP contribution in [0.25, 0.3) is 0 Å². The summed E-state index contributed by atoms with van der Waals surface area (Å²) in [5, 5.41) is 10.9. The van der Waals surface area contributed by atoms with Gasteiger partial charge in [-0.2, -0.15) is 5.26 Å². The Hall–Kier alpha value is -3.17. The fourth-order valence-corrected chi connectivity index (χ4v) is 3.47. The average Bonchev–Trinajstić information content (AvgIpc) is 3.18. The van der Waals surface area contributed by atoms with Gasteiger partial charge in [0.2, 0.25) is 0 Å². The Labute approximate surface area is 171 Å². The molecule has 1 N–H and O–H groups in total. The van der Waals surface area contributed by atoms with E-state index in [1.165, 1.54) is 0 Å². The van der Waals surface area contributed by atoms with E-state index in [2.05, 4.69) is 11.5 Å². The quantitative estimate of drug-likeness (QED) is 0.548. The number of carbonyl (C=O) groups excluding carboxylic acids is 2. The number of hydrogen-bond acceptors (Lipinski definition) is 5. The first-order valence-electron chi connectivity index (χ1n) is 9.88. The van der Waals surface area contributed by atoms with Crippen molar-refractivity contribution in [2.24, 2.45) is 0 Å². The maximum absolute atomic E-state index is 12.5. The lowest BCUT2D eigenvalue weighted by atomic mass is 10.1. The zero-order chi connectivity index (χ0) is 20.6. The number of hydrogen-bond donors (Lipinski definition) is 1. The van der Waals surface area contributed by atoms with Crippen molar-refractivity contribution < 1.29 is 14.3 Å². The van der Waals surface area contributed by atoms with Gasteiger partial charge in [-0.25, -0.2) is 5.01 Å². The number of ketones is 1. The summed E-state index contributed by atoms with van der Waals surface area (Å²) in [6, 6.07) is 16.2. The van der Waals surface area contributed by atoms with Crippen molar-refractivity contribution in [2.75, 3.05) is 13.2 Å². The van der Waals surface area contributed by atoms with Crippen LogP contribution < -0.4 is 10.2 Å². The van der Waals surface area contributed by atoms with Crippen molar-refractivity contribution in [2.45, 2.75) is 38.6 Å². The van der Waals surface area contributed by atoms with Gasteiger partial charge < -0.3 is 4.74 Å². The first-order chi connectivity index (χ1) is 14.1. The fourth-order valence-electron chi connectivity index (χ4n) is 3.47. The van der Waals surface area contributed by atoms with Gasteiger partial charge in [0.25, 0.3) is 5.91 Å². The Morgan fingerprint density at radius 3 is 2.48 bits per heavy atom. The van der Waals surface area contributed by atoms with E-state index in [1.54, 1.807) is 43.3 Å². The molecule has 1 unspecified atom stereocenters. The van der Waals surface area contributed by atoms with Gasteiger partial charge in [0.1, 0.15) is 5.75 Å². The number of rotatable bonds is 8. The van der Waals surface area contributed by atoms with Gasteiger partial charge in [-0.15, -0.1) is 0 Å². The van der Waals surface area contributed by atoms with Crippen LogP contribution in [-0.2, 0) is 0 Å². The Morgan fingerprint density at radius 1 is 1.14 bits per heavy atom. The molecule has 1 aliphatic heterocycles. The number of ether oxygens (including phenoxy) is 1.